The number of benzene rings is 1. The zero-order valence-corrected chi connectivity index (χ0v) is 12.0. The van der Waals surface area contributed by atoms with Crippen molar-refractivity contribution in [2.75, 3.05) is 19.8 Å². The zero-order valence-electron chi connectivity index (χ0n) is 10.4. The number of sulfonamides is 1. The maximum absolute atomic E-state index is 12.1. The van der Waals surface area contributed by atoms with E-state index in [0.29, 0.717) is 16.4 Å². The summed E-state index contributed by atoms with van der Waals surface area (Å²) in [4.78, 5) is 0.147. The molecule has 2 aromatic rings. The second-order valence-corrected chi connectivity index (χ2v) is 6.70. The minimum absolute atomic E-state index is 0.147. The summed E-state index contributed by atoms with van der Waals surface area (Å²) in [6.07, 6.45) is 3.01. The lowest BCUT2D eigenvalue weighted by molar-refractivity contribution is 0.520. The minimum Gasteiger partial charge on any atom is -0.397 e. The third-order valence-corrected chi connectivity index (χ3v) is 4.58. The fourth-order valence-electron chi connectivity index (χ4n) is 1.53. The van der Waals surface area contributed by atoms with Gasteiger partial charge in [0.05, 0.1) is 27.5 Å². The highest BCUT2D eigenvalue weighted by molar-refractivity contribution is 7.89. The smallest absolute Gasteiger partial charge is 0.242 e. The Labute approximate surface area is 116 Å². The van der Waals surface area contributed by atoms with E-state index in [0.717, 1.165) is 4.31 Å². The van der Waals surface area contributed by atoms with Gasteiger partial charge in [0.25, 0.3) is 0 Å². The van der Waals surface area contributed by atoms with E-state index in [4.69, 9.17) is 17.3 Å². The number of rotatable bonds is 3. The van der Waals surface area contributed by atoms with E-state index in [1.807, 2.05) is 0 Å². The molecule has 0 saturated carbocycles. The lowest BCUT2D eigenvalue weighted by atomic mass is 10.3. The van der Waals surface area contributed by atoms with Crippen molar-refractivity contribution < 1.29 is 8.42 Å². The zero-order chi connectivity index (χ0) is 14.2. The molecule has 1 aromatic heterocycles. The van der Waals surface area contributed by atoms with E-state index < -0.39 is 10.0 Å². The SMILES string of the molecule is CN(C)S(=O)(=O)c1ccc(N)c(-n2cc(Cl)cn2)c1. The van der Waals surface area contributed by atoms with Gasteiger partial charge in [0.1, 0.15) is 0 Å². The third kappa shape index (κ3) is 2.58. The van der Waals surface area contributed by atoms with Gasteiger partial charge in [-0.05, 0) is 18.2 Å². The van der Waals surface area contributed by atoms with Crippen molar-refractivity contribution in [2.45, 2.75) is 4.90 Å². The van der Waals surface area contributed by atoms with Gasteiger partial charge in [-0.2, -0.15) is 5.10 Å². The Bertz CT molecular complexity index is 709. The average Bonchev–Trinajstić information content (AvgIpc) is 2.75. The number of aromatic nitrogens is 2. The summed E-state index contributed by atoms with van der Waals surface area (Å²) in [6, 6.07) is 4.45. The lowest BCUT2D eigenvalue weighted by Crippen LogP contribution is -2.22. The molecule has 6 nitrogen and oxygen atoms in total. The highest BCUT2D eigenvalue weighted by Crippen LogP contribution is 2.23. The molecule has 0 aliphatic heterocycles. The molecule has 0 atom stereocenters. The first-order valence-corrected chi connectivity index (χ1v) is 7.17. The van der Waals surface area contributed by atoms with Gasteiger partial charge in [-0.1, -0.05) is 11.6 Å². The van der Waals surface area contributed by atoms with E-state index in [1.165, 1.54) is 43.2 Å². The molecule has 0 saturated heterocycles. The molecular formula is C11H13ClN4O2S. The summed E-state index contributed by atoms with van der Waals surface area (Å²) in [6.45, 7) is 0. The second kappa shape index (κ2) is 4.84. The van der Waals surface area contributed by atoms with Gasteiger partial charge in [-0.25, -0.2) is 17.4 Å². The normalized spacial score (nSPS) is 12.0. The standard InChI is InChI=1S/C11H13ClN4O2S/c1-15(2)19(17,18)9-3-4-10(13)11(5-9)16-7-8(12)6-14-16/h3-7H,13H2,1-2H3. The number of anilines is 1. The molecule has 0 amide bonds. The van der Waals surface area contributed by atoms with Gasteiger partial charge >= 0.3 is 0 Å². The van der Waals surface area contributed by atoms with Gasteiger partial charge in [-0.3, -0.25) is 0 Å². The van der Waals surface area contributed by atoms with Crippen LogP contribution in [0.1, 0.15) is 0 Å². The van der Waals surface area contributed by atoms with Crippen LogP contribution in [0.4, 0.5) is 5.69 Å². The van der Waals surface area contributed by atoms with Gasteiger partial charge in [0.15, 0.2) is 0 Å². The quantitative estimate of drug-likeness (QED) is 0.868. The molecule has 0 aliphatic rings. The summed E-state index contributed by atoms with van der Waals surface area (Å²) in [7, 11) is -0.577. The number of nitrogens with two attached hydrogens (primary N) is 1. The minimum atomic E-state index is -3.51. The Hall–Kier alpha value is -1.57. The molecule has 19 heavy (non-hydrogen) atoms. The molecule has 1 aromatic carbocycles. The van der Waals surface area contributed by atoms with E-state index in [9.17, 15) is 8.42 Å². The van der Waals surface area contributed by atoms with Crippen molar-refractivity contribution >= 4 is 27.3 Å². The first-order valence-electron chi connectivity index (χ1n) is 5.35. The molecular weight excluding hydrogens is 288 g/mol. The van der Waals surface area contributed by atoms with Crippen molar-refractivity contribution in [1.29, 1.82) is 0 Å². The summed E-state index contributed by atoms with van der Waals surface area (Å²) < 4.78 is 26.7. The van der Waals surface area contributed by atoms with Gasteiger partial charge in [0, 0.05) is 20.3 Å². The highest BCUT2D eigenvalue weighted by atomic mass is 35.5. The van der Waals surface area contributed by atoms with Crippen molar-refractivity contribution in [3.8, 4) is 5.69 Å². The monoisotopic (exact) mass is 300 g/mol. The third-order valence-electron chi connectivity index (χ3n) is 2.58. The number of halogens is 1. The fraction of sp³-hybridized carbons (Fsp3) is 0.182. The van der Waals surface area contributed by atoms with Gasteiger partial charge in [0.2, 0.25) is 10.0 Å². The van der Waals surface area contributed by atoms with Gasteiger partial charge in [-0.15, -0.1) is 0 Å². The average molecular weight is 301 g/mol. The van der Waals surface area contributed by atoms with Gasteiger partial charge < -0.3 is 5.73 Å². The van der Waals surface area contributed by atoms with E-state index in [2.05, 4.69) is 5.10 Å². The van der Waals surface area contributed by atoms with Crippen molar-refractivity contribution in [3.63, 3.8) is 0 Å². The van der Waals surface area contributed by atoms with Crippen LogP contribution in [0, 0.1) is 0 Å². The van der Waals surface area contributed by atoms with E-state index in [1.54, 1.807) is 6.20 Å². The summed E-state index contributed by atoms with van der Waals surface area (Å²) in [5, 5.41) is 4.46. The predicted octanol–water partition coefficient (Wildman–Crippen LogP) is 1.36. The van der Waals surface area contributed by atoms with Crippen LogP contribution >= 0.6 is 11.6 Å². The van der Waals surface area contributed by atoms with E-state index >= 15 is 0 Å². The Morgan fingerprint density at radius 1 is 1.37 bits per heavy atom. The molecule has 1 heterocycles. The highest BCUT2D eigenvalue weighted by Gasteiger charge is 2.19. The Morgan fingerprint density at radius 3 is 2.58 bits per heavy atom. The molecule has 0 radical (unpaired) electrons. The van der Waals surface area contributed by atoms with Crippen LogP contribution in [0.2, 0.25) is 5.02 Å². The van der Waals surface area contributed by atoms with Crippen LogP contribution in [0.15, 0.2) is 35.5 Å². The van der Waals surface area contributed by atoms with Crippen LogP contribution in [-0.2, 0) is 10.0 Å². The maximum atomic E-state index is 12.1. The van der Waals surface area contributed by atoms with Crippen LogP contribution in [-0.4, -0.2) is 36.6 Å². The molecule has 0 unspecified atom stereocenters. The first kappa shape index (κ1) is 13.9. The van der Waals surface area contributed by atoms with Crippen LogP contribution in [0.5, 0.6) is 0 Å². The lowest BCUT2D eigenvalue weighted by Gasteiger charge is -2.13. The molecule has 0 fully saturated rings. The predicted molar refractivity (Wildman–Crippen MR) is 73.9 cm³/mol. The molecule has 2 rings (SSSR count). The molecule has 8 heteroatoms. The number of hydrogen-bond acceptors (Lipinski definition) is 4. The Morgan fingerprint density at radius 2 is 2.05 bits per heavy atom. The summed E-state index contributed by atoms with van der Waals surface area (Å²) in [5.41, 5.74) is 6.72. The van der Waals surface area contributed by atoms with Crippen molar-refractivity contribution in [3.05, 3.63) is 35.6 Å². The Balaban J connectivity index is 2.59. The largest absolute Gasteiger partial charge is 0.397 e. The molecule has 102 valence electrons. The first-order chi connectivity index (χ1) is 8.82. The Kier molecular flexibility index (Phi) is 3.53. The number of nitrogen functional groups attached to an aromatic ring is 1. The van der Waals surface area contributed by atoms with Crippen molar-refractivity contribution in [2.24, 2.45) is 0 Å². The summed E-state index contributed by atoms with van der Waals surface area (Å²) in [5.74, 6) is 0. The summed E-state index contributed by atoms with van der Waals surface area (Å²) >= 11 is 5.79. The van der Waals surface area contributed by atoms with Crippen LogP contribution in [0.3, 0.4) is 0 Å². The van der Waals surface area contributed by atoms with Crippen LogP contribution < -0.4 is 5.73 Å². The van der Waals surface area contributed by atoms with Crippen molar-refractivity contribution in [1.82, 2.24) is 14.1 Å². The molecule has 0 bridgehead atoms. The maximum Gasteiger partial charge on any atom is 0.242 e. The molecule has 2 N–H and O–H groups in total. The van der Waals surface area contributed by atoms with E-state index in [-0.39, 0.29) is 4.90 Å². The fourth-order valence-corrected chi connectivity index (χ4v) is 2.58. The number of hydrogen-bond donors (Lipinski definition) is 1. The second-order valence-electron chi connectivity index (χ2n) is 4.11. The number of nitrogens with zero attached hydrogens (tertiary/aromatic N) is 3. The topological polar surface area (TPSA) is 81.2 Å². The molecule has 0 aliphatic carbocycles. The molecule has 0 spiro atoms. The van der Waals surface area contributed by atoms with Crippen LogP contribution in [0.25, 0.3) is 5.69 Å².